The van der Waals surface area contributed by atoms with Crippen molar-refractivity contribution in [2.45, 2.75) is 4.90 Å². The van der Waals surface area contributed by atoms with Crippen LogP contribution < -0.4 is 0 Å². The predicted octanol–water partition coefficient (Wildman–Crippen LogP) is 0.178. The van der Waals surface area contributed by atoms with Crippen molar-refractivity contribution in [1.82, 2.24) is 4.31 Å². The number of rotatable bonds is 5. The van der Waals surface area contributed by atoms with Gasteiger partial charge >= 0.3 is 11.9 Å². The summed E-state index contributed by atoms with van der Waals surface area (Å²) < 4.78 is 29.1. The van der Waals surface area contributed by atoms with Gasteiger partial charge in [-0.25, -0.2) is 13.2 Å². The number of nitrogens with zero attached hydrogens (tertiary/aromatic N) is 1. The van der Waals surface area contributed by atoms with Gasteiger partial charge in [0.05, 0.1) is 17.6 Å². The van der Waals surface area contributed by atoms with Crippen molar-refractivity contribution in [2.24, 2.45) is 0 Å². The fourth-order valence-electron chi connectivity index (χ4n) is 1.34. The molecule has 7 nitrogen and oxygen atoms in total. The number of likely N-dealkylation sites (N-methyl/N-ethyl adjacent to an activating group) is 1. The summed E-state index contributed by atoms with van der Waals surface area (Å²) in [5, 5.41) is 8.58. The maximum absolute atomic E-state index is 12.0. The average molecular weight is 287 g/mol. The highest BCUT2D eigenvalue weighted by molar-refractivity contribution is 7.89. The molecular weight excluding hydrogens is 274 g/mol. The molecule has 8 heteroatoms. The van der Waals surface area contributed by atoms with Gasteiger partial charge in [0, 0.05) is 7.05 Å². The van der Waals surface area contributed by atoms with Crippen molar-refractivity contribution >= 4 is 22.0 Å². The summed E-state index contributed by atoms with van der Waals surface area (Å²) >= 11 is 0. The third kappa shape index (κ3) is 3.52. The quantitative estimate of drug-likeness (QED) is 0.775. The fourth-order valence-corrected chi connectivity index (χ4v) is 2.46. The Balaban J connectivity index is 3.03. The number of ether oxygens (including phenoxy) is 1. The minimum atomic E-state index is -3.88. The number of carbonyl (C=O) groups is 2. The molecule has 0 spiro atoms. The molecule has 1 rings (SSSR count). The van der Waals surface area contributed by atoms with Gasteiger partial charge in [0.2, 0.25) is 10.0 Å². The van der Waals surface area contributed by atoms with Gasteiger partial charge in [-0.1, -0.05) is 0 Å². The minimum Gasteiger partial charge on any atom is -0.480 e. The first-order valence-electron chi connectivity index (χ1n) is 5.15. The Bertz CT molecular complexity index is 578. The number of hydrogen-bond acceptors (Lipinski definition) is 5. The second-order valence-electron chi connectivity index (χ2n) is 3.67. The largest absolute Gasteiger partial charge is 0.480 e. The zero-order chi connectivity index (χ0) is 14.6. The van der Waals surface area contributed by atoms with E-state index in [2.05, 4.69) is 4.74 Å². The normalized spacial score (nSPS) is 11.3. The van der Waals surface area contributed by atoms with E-state index in [9.17, 15) is 18.0 Å². The van der Waals surface area contributed by atoms with Crippen LogP contribution in [0.5, 0.6) is 0 Å². The van der Waals surface area contributed by atoms with E-state index < -0.39 is 28.5 Å². The smallest absolute Gasteiger partial charge is 0.337 e. The maximum Gasteiger partial charge on any atom is 0.337 e. The minimum absolute atomic E-state index is 0.0936. The van der Waals surface area contributed by atoms with Crippen molar-refractivity contribution in [3.63, 3.8) is 0 Å². The van der Waals surface area contributed by atoms with Gasteiger partial charge in [0.25, 0.3) is 0 Å². The number of esters is 1. The molecule has 1 N–H and O–H groups in total. The Kier molecular flexibility index (Phi) is 4.62. The van der Waals surface area contributed by atoms with Crippen LogP contribution in [-0.2, 0) is 19.6 Å². The van der Waals surface area contributed by atoms with Crippen LogP contribution in [0.4, 0.5) is 0 Å². The summed E-state index contributed by atoms with van der Waals surface area (Å²) in [6.45, 7) is -0.638. The zero-order valence-electron chi connectivity index (χ0n) is 10.4. The summed E-state index contributed by atoms with van der Waals surface area (Å²) in [4.78, 5) is 21.6. The van der Waals surface area contributed by atoms with Gasteiger partial charge < -0.3 is 9.84 Å². The van der Waals surface area contributed by atoms with Gasteiger partial charge in [-0.05, 0) is 24.3 Å². The molecule has 0 saturated heterocycles. The third-order valence-corrected chi connectivity index (χ3v) is 4.16. The number of sulfonamides is 1. The third-order valence-electron chi connectivity index (χ3n) is 2.34. The molecule has 0 aliphatic heterocycles. The van der Waals surface area contributed by atoms with Crippen molar-refractivity contribution in [3.05, 3.63) is 29.8 Å². The summed E-state index contributed by atoms with van der Waals surface area (Å²) in [6, 6.07) is 5.04. The summed E-state index contributed by atoms with van der Waals surface area (Å²) in [7, 11) is -1.50. The Morgan fingerprint density at radius 3 is 2.21 bits per heavy atom. The fraction of sp³-hybridized carbons (Fsp3) is 0.273. The lowest BCUT2D eigenvalue weighted by Crippen LogP contribution is -2.32. The molecule has 0 aliphatic carbocycles. The Hall–Kier alpha value is -1.93. The predicted molar refractivity (Wildman–Crippen MR) is 65.2 cm³/mol. The molecule has 0 atom stereocenters. The molecule has 0 bridgehead atoms. The molecule has 0 saturated carbocycles. The number of carboxylic acid groups (broad SMARTS) is 1. The first-order chi connectivity index (χ1) is 8.78. The molecular formula is C11H13NO6S. The molecule has 0 amide bonds. The molecule has 0 aromatic heterocycles. The Morgan fingerprint density at radius 2 is 1.79 bits per heavy atom. The van der Waals surface area contributed by atoms with Crippen molar-refractivity contribution < 1.29 is 27.9 Å². The number of carboxylic acids is 1. The first-order valence-corrected chi connectivity index (χ1v) is 6.59. The van der Waals surface area contributed by atoms with E-state index >= 15 is 0 Å². The topological polar surface area (TPSA) is 101 Å². The lowest BCUT2D eigenvalue weighted by molar-refractivity contribution is -0.137. The maximum atomic E-state index is 12.0. The monoisotopic (exact) mass is 287 g/mol. The summed E-state index contributed by atoms with van der Waals surface area (Å²) in [6.07, 6.45) is 0. The van der Waals surface area contributed by atoms with Gasteiger partial charge in [-0.3, -0.25) is 4.79 Å². The SMILES string of the molecule is COC(=O)c1ccc(S(=O)(=O)N(C)CC(=O)O)cc1. The van der Waals surface area contributed by atoms with Crippen LogP contribution in [0.2, 0.25) is 0 Å². The van der Waals surface area contributed by atoms with Crippen LogP contribution in [-0.4, -0.2) is 50.5 Å². The average Bonchev–Trinajstić information content (AvgIpc) is 2.37. The molecule has 1 aromatic rings. The standard InChI is InChI=1S/C11H13NO6S/c1-12(7-10(13)14)19(16,17)9-5-3-8(4-6-9)11(15)18-2/h3-6H,7H2,1-2H3,(H,13,14). The Labute approximate surface area is 110 Å². The Morgan fingerprint density at radius 1 is 1.26 bits per heavy atom. The van der Waals surface area contributed by atoms with Crippen molar-refractivity contribution in [3.8, 4) is 0 Å². The van der Waals surface area contributed by atoms with E-state index in [0.717, 1.165) is 7.05 Å². The van der Waals surface area contributed by atoms with Crippen LogP contribution in [0.25, 0.3) is 0 Å². The van der Waals surface area contributed by atoms with Gasteiger partial charge in [0.1, 0.15) is 6.54 Å². The van der Waals surface area contributed by atoms with Crippen molar-refractivity contribution in [1.29, 1.82) is 0 Å². The molecule has 1 aromatic carbocycles. The van der Waals surface area contributed by atoms with E-state index in [1.54, 1.807) is 0 Å². The molecule has 0 heterocycles. The highest BCUT2D eigenvalue weighted by atomic mass is 32.2. The molecule has 0 unspecified atom stereocenters. The molecule has 19 heavy (non-hydrogen) atoms. The highest BCUT2D eigenvalue weighted by Crippen LogP contribution is 2.15. The van der Waals surface area contributed by atoms with Crippen LogP contribution >= 0.6 is 0 Å². The van der Waals surface area contributed by atoms with E-state index in [-0.39, 0.29) is 10.5 Å². The highest BCUT2D eigenvalue weighted by Gasteiger charge is 2.22. The van der Waals surface area contributed by atoms with E-state index in [1.807, 2.05) is 0 Å². The van der Waals surface area contributed by atoms with Gasteiger partial charge in [0.15, 0.2) is 0 Å². The zero-order valence-corrected chi connectivity index (χ0v) is 11.2. The van der Waals surface area contributed by atoms with Crippen molar-refractivity contribution in [2.75, 3.05) is 20.7 Å². The van der Waals surface area contributed by atoms with Gasteiger partial charge in [-0.2, -0.15) is 4.31 Å². The second-order valence-corrected chi connectivity index (χ2v) is 5.72. The molecule has 104 valence electrons. The first kappa shape index (κ1) is 15.1. The number of carbonyl (C=O) groups excluding carboxylic acids is 1. The molecule has 0 fully saturated rings. The van der Waals surface area contributed by atoms with Crippen LogP contribution in [0.3, 0.4) is 0 Å². The lowest BCUT2D eigenvalue weighted by atomic mass is 10.2. The summed E-state index contributed by atoms with van der Waals surface area (Å²) in [5.74, 6) is -1.83. The number of aliphatic carboxylic acids is 1. The van der Waals surface area contributed by atoms with Gasteiger partial charge in [-0.15, -0.1) is 0 Å². The molecule has 0 radical (unpaired) electrons. The lowest BCUT2D eigenvalue weighted by Gasteiger charge is -2.14. The van der Waals surface area contributed by atoms with E-state index in [1.165, 1.54) is 31.4 Å². The van der Waals surface area contributed by atoms with Crippen LogP contribution in [0, 0.1) is 0 Å². The summed E-state index contributed by atoms with van der Waals surface area (Å²) in [5.41, 5.74) is 0.210. The van der Waals surface area contributed by atoms with E-state index in [0.29, 0.717) is 4.31 Å². The number of methoxy groups -OCH3 is 1. The number of hydrogen-bond donors (Lipinski definition) is 1. The van der Waals surface area contributed by atoms with Crippen LogP contribution in [0.15, 0.2) is 29.2 Å². The van der Waals surface area contributed by atoms with E-state index in [4.69, 9.17) is 5.11 Å². The number of benzene rings is 1. The van der Waals surface area contributed by atoms with Crippen LogP contribution in [0.1, 0.15) is 10.4 Å². The second kappa shape index (κ2) is 5.81. The molecule has 0 aliphatic rings.